The van der Waals surface area contributed by atoms with Crippen molar-refractivity contribution >= 4 is 28.3 Å². The maximum Gasteiger partial charge on any atom is 0.213 e. The molecule has 2 fully saturated rings. The lowest BCUT2D eigenvalue weighted by atomic mass is 9.93. The van der Waals surface area contributed by atoms with Crippen LogP contribution in [0.15, 0.2) is 54.6 Å². The van der Waals surface area contributed by atoms with Crippen LogP contribution in [0.25, 0.3) is 11.0 Å². The number of anilines is 1. The molecule has 4 aromatic rings. The van der Waals surface area contributed by atoms with Gasteiger partial charge in [-0.05, 0) is 68.8 Å². The minimum Gasteiger partial charge on any atom is -0.473 e. The smallest absolute Gasteiger partial charge is 0.213 e. The van der Waals surface area contributed by atoms with Gasteiger partial charge >= 0.3 is 0 Å². The number of ether oxygens (including phenoxy) is 2. The van der Waals surface area contributed by atoms with E-state index in [1.165, 1.54) is 6.07 Å². The van der Waals surface area contributed by atoms with E-state index in [4.69, 9.17) is 36.8 Å². The third kappa shape index (κ3) is 6.64. The molecule has 8 nitrogen and oxygen atoms in total. The Morgan fingerprint density at radius 1 is 1.07 bits per heavy atom. The predicted molar refractivity (Wildman–Crippen MR) is 159 cm³/mol. The quantitative estimate of drug-likeness (QED) is 0.248. The molecule has 2 aliphatic rings. The zero-order valence-corrected chi connectivity index (χ0v) is 23.8. The fraction of sp³-hybridized carbons (Fsp3) is 0.419. The monoisotopic (exact) mass is 578 g/mol. The van der Waals surface area contributed by atoms with Crippen LogP contribution in [0.4, 0.5) is 10.1 Å². The Morgan fingerprint density at radius 2 is 1.93 bits per heavy atom. The first kappa shape index (κ1) is 27.9. The molecule has 0 saturated carbocycles. The highest BCUT2D eigenvalue weighted by molar-refractivity contribution is 6.30. The van der Waals surface area contributed by atoms with Crippen LogP contribution < -0.4 is 15.8 Å². The summed E-state index contributed by atoms with van der Waals surface area (Å²) in [6, 6.07) is 16.8. The highest BCUT2D eigenvalue weighted by atomic mass is 35.5. The second-order valence-corrected chi connectivity index (χ2v) is 11.3. The fourth-order valence-corrected chi connectivity index (χ4v) is 5.74. The molecule has 2 aromatic heterocycles. The van der Waals surface area contributed by atoms with Crippen LogP contribution in [0.2, 0.25) is 5.02 Å². The zero-order valence-electron chi connectivity index (χ0n) is 23.1. The first-order valence-corrected chi connectivity index (χ1v) is 14.7. The number of nitrogens with zero attached hydrogens (tertiary/aromatic N) is 4. The molecular weight excluding hydrogens is 543 g/mol. The first-order chi connectivity index (χ1) is 20.1. The van der Waals surface area contributed by atoms with Crippen LogP contribution in [-0.2, 0) is 24.4 Å². The number of hydrogen-bond donors (Lipinski definition) is 2. The van der Waals surface area contributed by atoms with E-state index in [9.17, 15) is 4.39 Å². The number of imidazole rings is 1. The number of likely N-dealkylation sites (tertiary alicyclic amines) is 1. The van der Waals surface area contributed by atoms with Gasteiger partial charge in [0, 0.05) is 53.6 Å². The van der Waals surface area contributed by atoms with Gasteiger partial charge in [0.2, 0.25) is 5.88 Å². The lowest BCUT2D eigenvalue weighted by molar-refractivity contribution is -0.0592. The lowest BCUT2D eigenvalue weighted by Crippen LogP contribution is -2.35. The SMILES string of the molecule is NCCNc1ccc2c(c1)nc(CN1CCC(c3cccc(OCc4ccc(Cl)cc4F)n3)CC1)n2C[C@@H]1CCO1. The molecule has 1 atom stereocenters. The zero-order chi connectivity index (χ0) is 28.2. The van der Waals surface area contributed by atoms with Crippen LogP contribution in [0.1, 0.15) is 42.3 Å². The van der Waals surface area contributed by atoms with Gasteiger partial charge in [0.05, 0.1) is 30.2 Å². The second-order valence-electron chi connectivity index (χ2n) is 10.8. The third-order valence-corrected chi connectivity index (χ3v) is 8.22. The number of fused-ring (bicyclic) bond motifs is 1. The van der Waals surface area contributed by atoms with Gasteiger partial charge in [-0.3, -0.25) is 4.90 Å². The van der Waals surface area contributed by atoms with Crippen molar-refractivity contribution in [1.82, 2.24) is 19.4 Å². The van der Waals surface area contributed by atoms with Gasteiger partial charge in [-0.15, -0.1) is 0 Å². The van der Waals surface area contributed by atoms with Gasteiger partial charge < -0.3 is 25.1 Å². The Kier molecular flexibility index (Phi) is 8.67. The van der Waals surface area contributed by atoms with E-state index in [0.717, 1.165) is 86.8 Å². The molecule has 0 radical (unpaired) electrons. The molecule has 2 aliphatic heterocycles. The van der Waals surface area contributed by atoms with E-state index in [1.54, 1.807) is 12.1 Å². The molecular formula is C31H36ClFN6O2. The van der Waals surface area contributed by atoms with Crippen molar-refractivity contribution in [2.24, 2.45) is 5.73 Å². The number of aromatic nitrogens is 3. The number of nitrogens with two attached hydrogens (primary N) is 1. The number of pyridine rings is 1. The Hall–Kier alpha value is -3.24. The molecule has 0 bridgehead atoms. The molecule has 0 amide bonds. The number of benzene rings is 2. The third-order valence-electron chi connectivity index (χ3n) is 7.99. The summed E-state index contributed by atoms with van der Waals surface area (Å²) in [6.07, 6.45) is 3.34. The standard InChI is InChI=1S/C31H36ClFN6O2/c32-23-5-4-22(26(33)16-23)20-41-31-3-1-2-27(37-31)21-8-13-38(14-9-21)19-30-36-28-17-24(35-12-11-34)6-7-29(28)39(30)18-25-10-15-40-25/h1-7,16-17,21,25,35H,8-15,18-20,34H2/t25-/m0/s1. The van der Waals surface area contributed by atoms with Crippen LogP contribution in [0, 0.1) is 5.82 Å². The van der Waals surface area contributed by atoms with E-state index >= 15 is 0 Å². The predicted octanol–water partition coefficient (Wildman–Crippen LogP) is 5.34. The molecule has 10 heteroatoms. The van der Waals surface area contributed by atoms with E-state index in [2.05, 4.69) is 39.0 Å². The van der Waals surface area contributed by atoms with Crippen LogP contribution in [-0.4, -0.2) is 58.3 Å². The molecule has 216 valence electrons. The van der Waals surface area contributed by atoms with Crippen molar-refractivity contribution in [2.75, 3.05) is 38.1 Å². The van der Waals surface area contributed by atoms with Gasteiger partial charge in [-0.1, -0.05) is 23.7 Å². The van der Waals surface area contributed by atoms with Gasteiger partial charge in [-0.25, -0.2) is 14.4 Å². The highest BCUT2D eigenvalue weighted by Gasteiger charge is 2.26. The highest BCUT2D eigenvalue weighted by Crippen LogP contribution is 2.30. The minimum atomic E-state index is -0.376. The van der Waals surface area contributed by atoms with E-state index < -0.39 is 0 Å². The summed E-state index contributed by atoms with van der Waals surface area (Å²) in [6.45, 7) is 5.80. The number of halogens is 2. The molecule has 4 heterocycles. The fourth-order valence-electron chi connectivity index (χ4n) is 5.58. The van der Waals surface area contributed by atoms with Gasteiger partial charge in [0.15, 0.2) is 0 Å². The molecule has 41 heavy (non-hydrogen) atoms. The minimum absolute atomic E-state index is 0.107. The maximum atomic E-state index is 14.1. The van der Waals surface area contributed by atoms with Gasteiger partial charge in [-0.2, -0.15) is 0 Å². The normalized spacial score (nSPS) is 18.0. The molecule has 0 unspecified atom stereocenters. The van der Waals surface area contributed by atoms with Crippen molar-refractivity contribution in [3.05, 3.63) is 82.5 Å². The summed E-state index contributed by atoms with van der Waals surface area (Å²) in [7, 11) is 0. The number of nitrogens with one attached hydrogen (secondary N) is 1. The van der Waals surface area contributed by atoms with E-state index in [1.807, 2.05) is 12.1 Å². The summed E-state index contributed by atoms with van der Waals surface area (Å²) >= 11 is 5.86. The van der Waals surface area contributed by atoms with Gasteiger partial charge in [0.25, 0.3) is 0 Å². The molecule has 0 aliphatic carbocycles. The number of hydrogen-bond acceptors (Lipinski definition) is 7. The lowest BCUT2D eigenvalue weighted by Gasteiger charge is -2.32. The van der Waals surface area contributed by atoms with Crippen LogP contribution in [0.5, 0.6) is 5.88 Å². The Morgan fingerprint density at radius 3 is 2.68 bits per heavy atom. The molecule has 0 spiro atoms. The Balaban J connectivity index is 1.09. The Bertz CT molecular complexity index is 1480. The molecule has 6 rings (SSSR count). The summed E-state index contributed by atoms with van der Waals surface area (Å²) in [4.78, 5) is 12.3. The summed E-state index contributed by atoms with van der Waals surface area (Å²) in [5, 5.41) is 3.73. The van der Waals surface area contributed by atoms with Crippen LogP contribution in [0.3, 0.4) is 0 Å². The Labute approximate surface area is 244 Å². The van der Waals surface area contributed by atoms with Crippen molar-refractivity contribution in [3.8, 4) is 5.88 Å². The van der Waals surface area contributed by atoms with Crippen molar-refractivity contribution in [2.45, 2.75) is 51.0 Å². The summed E-state index contributed by atoms with van der Waals surface area (Å²) in [5.41, 5.74) is 10.3. The second kappa shape index (κ2) is 12.7. The molecule has 2 saturated heterocycles. The number of rotatable bonds is 11. The van der Waals surface area contributed by atoms with Crippen molar-refractivity contribution in [1.29, 1.82) is 0 Å². The first-order valence-electron chi connectivity index (χ1n) is 14.4. The largest absolute Gasteiger partial charge is 0.473 e. The summed E-state index contributed by atoms with van der Waals surface area (Å²) in [5.74, 6) is 1.55. The topological polar surface area (TPSA) is 90.5 Å². The van der Waals surface area contributed by atoms with Gasteiger partial charge in [0.1, 0.15) is 18.2 Å². The summed E-state index contributed by atoms with van der Waals surface area (Å²) < 4.78 is 28.1. The van der Waals surface area contributed by atoms with Crippen molar-refractivity contribution in [3.63, 3.8) is 0 Å². The molecule has 3 N–H and O–H groups in total. The average Bonchev–Trinajstić information content (AvgIpc) is 3.29. The van der Waals surface area contributed by atoms with E-state index in [-0.39, 0.29) is 18.5 Å². The number of piperidine rings is 1. The van der Waals surface area contributed by atoms with Crippen LogP contribution >= 0.6 is 11.6 Å². The van der Waals surface area contributed by atoms with Crippen molar-refractivity contribution < 1.29 is 13.9 Å². The maximum absolute atomic E-state index is 14.1. The van der Waals surface area contributed by atoms with E-state index in [0.29, 0.717) is 28.9 Å². The molecule has 2 aromatic carbocycles. The average molecular weight is 579 g/mol.